The molecule has 6 nitrogen and oxygen atoms in total. The average molecular weight is 545 g/mol. The molecule has 0 aliphatic carbocycles. The Balaban J connectivity index is 1.83. The lowest BCUT2D eigenvalue weighted by Gasteiger charge is -2.23. The lowest BCUT2D eigenvalue weighted by molar-refractivity contribution is 0.00646. The molecule has 5 rings (SSSR count). The Hall–Kier alpha value is -3.32. The first-order valence-corrected chi connectivity index (χ1v) is 14.2. The molecule has 0 saturated heterocycles. The zero-order valence-electron chi connectivity index (χ0n) is 24.0. The quantitative estimate of drug-likeness (QED) is 0.327. The molecule has 0 saturated carbocycles. The van der Waals surface area contributed by atoms with Crippen molar-refractivity contribution in [3.05, 3.63) is 76.9 Å². The fourth-order valence-electron chi connectivity index (χ4n) is 5.38. The van der Waals surface area contributed by atoms with Crippen molar-refractivity contribution >= 4 is 0 Å². The van der Waals surface area contributed by atoms with Crippen molar-refractivity contribution in [2.24, 2.45) is 0 Å². The summed E-state index contributed by atoms with van der Waals surface area (Å²) >= 11 is 0. The minimum Gasteiger partial charge on any atom is -0.493 e. The Labute approximate surface area is 237 Å². The predicted molar refractivity (Wildman–Crippen MR) is 158 cm³/mol. The zero-order chi connectivity index (χ0) is 27.9. The smallest absolute Gasteiger partial charge is 0.135 e. The van der Waals surface area contributed by atoms with Gasteiger partial charge in [-0.25, -0.2) is 0 Å². The molecule has 0 fully saturated rings. The highest BCUT2D eigenvalue weighted by molar-refractivity contribution is 5.88. The Bertz CT molecular complexity index is 1250. The Morgan fingerprint density at radius 3 is 1.57 bits per heavy atom. The third-order valence-electron chi connectivity index (χ3n) is 7.07. The first-order chi connectivity index (χ1) is 19.5. The second kappa shape index (κ2) is 13.4. The van der Waals surface area contributed by atoms with Gasteiger partial charge in [0.2, 0.25) is 0 Å². The number of benzene rings is 3. The van der Waals surface area contributed by atoms with Gasteiger partial charge in [-0.3, -0.25) is 0 Å². The first-order valence-electron chi connectivity index (χ1n) is 14.2. The van der Waals surface area contributed by atoms with E-state index in [0.29, 0.717) is 59.5 Å². The third-order valence-corrected chi connectivity index (χ3v) is 7.07. The molecule has 2 aliphatic rings. The molecular formula is C34H40O6. The molecular weight excluding hydrogens is 504 g/mol. The number of aryl methyl sites for hydroxylation is 3. The molecule has 2 heterocycles. The molecule has 3 aromatic rings. The number of hydrogen-bond acceptors (Lipinski definition) is 6. The van der Waals surface area contributed by atoms with Crippen LogP contribution in [0.4, 0.5) is 0 Å². The van der Waals surface area contributed by atoms with Crippen LogP contribution in [0.1, 0.15) is 40.7 Å². The maximum Gasteiger partial charge on any atom is 0.135 e. The predicted octanol–water partition coefficient (Wildman–Crippen LogP) is 7.13. The van der Waals surface area contributed by atoms with Gasteiger partial charge in [0.1, 0.15) is 23.9 Å². The van der Waals surface area contributed by atoms with Crippen LogP contribution in [0.25, 0.3) is 22.3 Å². The molecule has 0 atom stereocenters. The minimum absolute atomic E-state index is 0.374. The summed E-state index contributed by atoms with van der Waals surface area (Å²) in [5.74, 6) is 2.46. The normalized spacial score (nSPS) is 16.2. The molecule has 8 bridgehead atoms. The standard InChI is InChI=1S/C34H40O6/c1-5-8-38-34-30-19-25(4)20-31(34)29-18-24(3)16-27-22-37-14-12-35-11-13-36-21-26-15-23(2)17-28(30)32(26)39-9-6-7-10-40-33(27)29/h5,15-20H,1,6-14,21-22H2,2-4H3. The number of rotatable bonds is 3. The van der Waals surface area contributed by atoms with E-state index in [9.17, 15) is 0 Å². The second-order valence-corrected chi connectivity index (χ2v) is 10.5. The third kappa shape index (κ3) is 6.52. The summed E-state index contributed by atoms with van der Waals surface area (Å²) < 4.78 is 37.5. The van der Waals surface area contributed by atoms with Crippen LogP contribution in [-0.2, 0) is 27.4 Å². The van der Waals surface area contributed by atoms with Crippen LogP contribution >= 0.6 is 0 Å². The molecule has 0 amide bonds. The summed E-state index contributed by atoms with van der Waals surface area (Å²) in [7, 11) is 0. The van der Waals surface area contributed by atoms with E-state index < -0.39 is 0 Å². The molecule has 212 valence electrons. The van der Waals surface area contributed by atoms with Crippen LogP contribution in [0.15, 0.2) is 49.1 Å². The van der Waals surface area contributed by atoms with E-state index in [2.05, 4.69) is 63.7 Å². The Morgan fingerprint density at radius 1 is 0.625 bits per heavy atom. The molecule has 0 spiro atoms. The van der Waals surface area contributed by atoms with E-state index in [1.54, 1.807) is 6.08 Å². The lowest BCUT2D eigenvalue weighted by atomic mass is 9.90. The highest BCUT2D eigenvalue weighted by Gasteiger charge is 2.24. The second-order valence-electron chi connectivity index (χ2n) is 10.5. The van der Waals surface area contributed by atoms with Gasteiger partial charge in [-0.2, -0.15) is 0 Å². The van der Waals surface area contributed by atoms with Crippen molar-refractivity contribution < 1.29 is 28.4 Å². The van der Waals surface area contributed by atoms with Gasteiger partial charge < -0.3 is 28.4 Å². The van der Waals surface area contributed by atoms with Crippen molar-refractivity contribution in [1.82, 2.24) is 0 Å². The van der Waals surface area contributed by atoms with E-state index in [1.165, 1.54) is 0 Å². The fourth-order valence-corrected chi connectivity index (χ4v) is 5.38. The topological polar surface area (TPSA) is 55.4 Å². The molecule has 3 aromatic carbocycles. The zero-order valence-corrected chi connectivity index (χ0v) is 24.0. The molecule has 0 unspecified atom stereocenters. The lowest BCUT2D eigenvalue weighted by Crippen LogP contribution is -2.11. The van der Waals surface area contributed by atoms with Crippen LogP contribution in [-0.4, -0.2) is 46.2 Å². The summed E-state index contributed by atoms with van der Waals surface area (Å²) in [5, 5.41) is 0. The summed E-state index contributed by atoms with van der Waals surface area (Å²) in [6, 6.07) is 13.0. The summed E-state index contributed by atoms with van der Waals surface area (Å²) in [4.78, 5) is 0. The Morgan fingerprint density at radius 2 is 1.07 bits per heavy atom. The number of ether oxygens (including phenoxy) is 6. The SMILES string of the molecule is C=CCOc1c2cc(C)cc1-c1cc(C)cc3c1OCCCCOc1c(cc(C)cc1-2)COCCOCCOC3. The molecule has 0 N–H and O–H groups in total. The highest BCUT2D eigenvalue weighted by Crippen LogP contribution is 2.48. The van der Waals surface area contributed by atoms with Gasteiger partial charge in [-0.05, 0) is 74.6 Å². The van der Waals surface area contributed by atoms with Crippen LogP contribution in [0, 0.1) is 20.8 Å². The van der Waals surface area contributed by atoms with Crippen LogP contribution in [0.3, 0.4) is 0 Å². The monoisotopic (exact) mass is 544 g/mol. The fraction of sp³-hybridized carbons (Fsp3) is 0.412. The van der Waals surface area contributed by atoms with E-state index >= 15 is 0 Å². The molecule has 0 aromatic heterocycles. The van der Waals surface area contributed by atoms with Gasteiger partial charge in [0, 0.05) is 33.4 Å². The van der Waals surface area contributed by atoms with E-state index in [0.717, 1.165) is 80.2 Å². The van der Waals surface area contributed by atoms with Gasteiger partial charge in [-0.1, -0.05) is 24.8 Å². The van der Waals surface area contributed by atoms with Gasteiger partial charge in [0.15, 0.2) is 0 Å². The summed E-state index contributed by atoms with van der Waals surface area (Å²) in [5.41, 5.74) is 9.36. The van der Waals surface area contributed by atoms with E-state index in [-0.39, 0.29) is 0 Å². The maximum atomic E-state index is 6.55. The van der Waals surface area contributed by atoms with Gasteiger partial charge in [0.25, 0.3) is 0 Å². The average Bonchev–Trinajstić information content (AvgIpc) is 2.93. The van der Waals surface area contributed by atoms with Crippen LogP contribution < -0.4 is 14.2 Å². The maximum absolute atomic E-state index is 6.55. The molecule has 40 heavy (non-hydrogen) atoms. The molecule has 6 heteroatoms. The largest absolute Gasteiger partial charge is 0.493 e. The first kappa shape index (κ1) is 28.2. The van der Waals surface area contributed by atoms with Gasteiger partial charge in [-0.15, -0.1) is 0 Å². The van der Waals surface area contributed by atoms with Crippen molar-refractivity contribution in [2.45, 2.75) is 46.8 Å². The van der Waals surface area contributed by atoms with Crippen molar-refractivity contribution in [3.63, 3.8) is 0 Å². The summed E-state index contributed by atoms with van der Waals surface area (Å²) in [6.45, 7) is 14.6. The van der Waals surface area contributed by atoms with Crippen LogP contribution in [0.5, 0.6) is 17.2 Å². The molecule has 0 radical (unpaired) electrons. The van der Waals surface area contributed by atoms with Gasteiger partial charge in [0.05, 0.1) is 52.9 Å². The van der Waals surface area contributed by atoms with E-state index in [4.69, 9.17) is 28.4 Å². The van der Waals surface area contributed by atoms with Crippen molar-refractivity contribution in [3.8, 4) is 39.5 Å². The Kier molecular flexibility index (Phi) is 9.42. The number of hydrogen-bond donors (Lipinski definition) is 0. The minimum atomic E-state index is 0.374. The van der Waals surface area contributed by atoms with Gasteiger partial charge >= 0.3 is 0 Å². The highest BCUT2D eigenvalue weighted by atomic mass is 16.5. The summed E-state index contributed by atoms with van der Waals surface area (Å²) in [6.07, 6.45) is 3.51. The molecule has 2 aliphatic heterocycles. The van der Waals surface area contributed by atoms with Crippen molar-refractivity contribution in [2.75, 3.05) is 46.2 Å². The van der Waals surface area contributed by atoms with Crippen LogP contribution in [0.2, 0.25) is 0 Å². The van der Waals surface area contributed by atoms with Crippen molar-refractivity contribution in [1.29, 1.82) is 0 Å². The van der Waals surface area contributed by atoms with E-state index in [1.807, 2.05) is 0 Å².